The third-order valence-electron chi connectivity index (χ3n) is 2.89. The van der Waals surface area contributed by atoms with Crippen molar-refractivity contribution in [2.24, 2.45) is 0 Å². The first kappa shape index (κ1) is 13.6. The van der Waals surface area contributed by atoms with Gasteiger partial charge in [-0.25, -0.2) is 4.39 Å². The quantitative estimate of drug-likeness (QED) is 0.860. The van der Waals surface area contributed by atoms with Gasteiger partial charge in [0.25, 0.3) is 0 Å². The lowest BCUT2D eigenvalue weighted by molar-refractivity contribution is 0.304. The smallest absolute Gasteiger partial charge is 0.126 e. The fraction of sp³-hybridized carbons (Fsp3) is 0.250. The molecule has 2 rings (SSSR count). The van der Waals surface area contributed by atoms with Crippen LogP contribution in [0.25, 0.3) is 0 Å². The topological polar surface area (TPSA) is 21.3 Å². The summed E-state index contributed by atoms with van der Waals surface area (Å²) in [6, 6.07) is 14.5. The normalized spacial score (nSPS) is 10.4. The minimum atomic E-state index is -0.278. The highest BCUT2D eigenvalue weighted by atomic mass is 19.1. The van der Waals surface area contributed by atoms with Crippen molar-refractivity contribution in [2.75, 3.05) is 13.6 Å². The molecular formula is C16H18FNO. The van der Waals surface area contributed by atoms with E-state index in [9.17, 15) is 4.39 Å². The van der Waals surface area contributed by atoms with Gasteiger partial charge < -0.3 is 10.1 Å². The Labute approximate surface area is 113 Å². The van der Waals surface area contributed by atoms with E-state index in [1.54, 1.807) is 12.1 Å². The average molecular weight is 259 g/mol. The molecule has 0 fully saturated rings. The molecular weight excluding hydrogens is 241 g/mol. The minimum absolute atomic E-state index is 0.278. The number of hydrogen-bond donors (Lipinski definition) is 1. The molecule has 3 heteroatoms. The SMILES string of the molecule is CNCCc1ccc(COc2cccc(F)c2)cc1. The van der Waals surface area contributed by atoms with E-state index < -0.39 is 0 Å². The van der Waals surface area contributed by atoms with Crippen molar-refractivity contribution in [2.45, 2.75) is 13.0 Å². The molecule has 2 aromatic carbocycles. The molecule has 0 unspecified atom stereocenters. The van der Waals surface area contributed by atoms with Crippen LogP contribution in [0.15, 0.2) is 48.5 Å². The summed E-state index contributed by atoms with van der Waals surface area (Å²) in [5.74, 6) is 0.277. The van der Waals surface area contributed by atoms with Gasteiger partial charge in [-0.05, 0) is 43.3 Å². The zero-order valence-electron chi connectivity index (χ0n) is 11.0. The van der Waals surface area contributed by atoms with Crippen molar-refractivity contribution >= 4 is 0 Å². The molecule has 0 amide bonds. The second kappa shape index (κ2) is 6.90. The largest absolute Gasteiger partial charge is 0.489 e. The van der Waals surface area contributed by atoms with E-state index in [-0.39, 0.29) is 5.82 Å². The summed E-state index contributed by atoms with van der Waals surface area (Å²) in [6.07, 6.45) is 1.02. The van der Waals surface area contributed by atoms with Gasteiger partial charge in [-0.2, -0.15) is 0 Å². The van der Waals surface area contributed by atoms with Crippen LogP contribution in [-0.2, 0) is 13.0 Å². The lowest BCUT2D eigenvalue weighted by Crippen LogP contribution is -2.10. The van der Waals surface area contributed by atoms with Crippen molar-refractivity contribution in [1.82, 2.24) is 5.32 Å². The van der Waals surface area contributed by atoms with Crippen LogP contribution in [0.2, 0.25) is 0 Å². The Kier molecular flexibility index (Phi) is 4.93. The van der Waals surface area contributed by atoms with Crippen LogP contribution < -0.4 is 10.1 Å². The van der Waals surface area contributed by atoms with Crippen LogP contribution in [0.4, 0.5) is 4.39 Å². The average Bonchev–Trinajstić information content (AvgIpc) is 2.44. The summed E-state index contributed by atoms with van der Waals surface area (Å²) in [6.45, 7) is 1.43. The van der Waals surface area contributed by atoms with Crippen molar-refractivity contribution in [3.05, 3.63) is 65.5 Å². The molecule has 0 aliphatic carbocycles. The predicted molar refractivity (Wildman–Crippen MR) is 74.8 cm³/mol. The number of hydrogen-bond acceptors (Lipinski definition) is 2. The Morgan fingerprint density at radius 2 is 1.79 bits per heavy atom. The summed E-state index contributed by atoms with van der Waals surface area (Å²) >= 11 is 0. The van der Waals surface area contributed by atoms with Crippen LogP contribution >= 0.6 is 0 Å². The van der Waals surface area contributed by atoms with Crippen LogP contribution in [0, 0.1) is 5.82 Å². The molecule has 2 aromatic rings. The molecule has 2 nitrogen and oxygen atoms in total. The second-order valence-electron chi connectivity index (χ2n) is 4.42. The lowest BCUT2D eigenvalue weighted by Gasteiger charge is -2.07. The third-order valence-corrected chi connectivity index (χ3v) is 2.89. The maximum absolute atomic E-state index is 13.0. The molecule has 0 bridgehead atoms. The highest BCUT2D eigenvalue weighted by Gasteiger charge is 1.98. The van der Waals surface area contributed by atoms with Crippen molar-refractivity contribution in [3.8, 4) is 5.75 Å². The predicted octanol–water partition coefficient (Wildman–Crippen LogP) is 3.17. The van der Waals surface area contributed by atoms with Gasteiger partial charge in [0.15, 0.2) is 0 Å². The zero-order valence-corrected chi connectivity index (χ0v) is 11.0. The Bertz CT molecular complexity index is 510. The number of likely N-dealkylation sites (N-methyl/N-ethyl adjacent to an activating group) is 1. The first-order chi connectivity index (χ1) is 9.28. The standard InChI is InChI=1S/C16H18FNO/c1-18-10-9-13-5-7-14(8-6-13)12-19-16-4-2-3-15(17)11-16/h2-8,11,18H,9-10,12H2,1H3. The summed E-state index contributed by atoms with van der Waals surface area (Å²) < 4.78 is 18.5. The number of rotatable bonds is 6. The van der Waals surface area contributed by atoms with Crippen molar-refractivity contribution < 1.29 is 9.13 Å². The molecule has 100 valence electrons. The van der Waals surface area contributed by atoms with E-state index in [1.807, 2.05) is 19.2 Å². The molecule has 1 N–H and O–H groups in total. The summed E-state index contributed by atoms with van der Waals surface area (Å²) in [7, 11) is 1.95. The number of ether oxygens (including phenoxy) is 1. The van der Waals surface area contributed by atoms with Crippen LogP contribution in [0.5, 0.6) is 5.75 Å². The molecule has 0 saturated carbocycles. The summed E-state index contributed by atoms with van der Waals surface area (Å²) in [5, 5.41) is 3.12. The number of benzene rings is 2. The zero-order chi connectivity index (χ0) is 13.5. The van der Waals surface area contributed by atoms with Gasteiger partial charge in [0.2, 0.25) is 0 Å². The molecule has 0 aromatic heterocycles. The van der Waals surface area contributed by atoms with Crippen molar-refractivity contribution in [1.29, 1.82) is 0 Å². The summed E-state index contributed by atoms with van der Waals surface area (Å²) in [4.78, 5) is 0. The molecule has 0 spiro atoms. The Hall–Kier alpha value is -1.87. The van der Waals surface area contributed by atoms with E-state index >= 15 is 0 Å². The fourth-order valence-electron chi connectivity index (χ4n) is 1.79. The molecule has 0 saturated heterocycles. The van der Waals surface area contributed by atoms with Gasteiger partial charge in [-0.15, -0.1) is 0 Å². The van der Waals surface area contributed by atoms with Crippen LogP contribution in [0.3, 0.4) is 0 Å². The van der Waals surface area contributed by atoms with Gasteiger partial charge >= 0.3 is 0 Å². The molecule has 0 aliphatic heterocycles. The highest BCUT2D eigenvalue weighted by Crippen LogP contribution is 2.14. The lowest BCUT2D eigenvalue weighted by atomic mass is 10.1. The number of halogens is 1. The third kappa shape index (κ3) is 4.38. The maximum Gasteiger partial charge on any atom is 0.126 e. The van der Waals surface area contributed by atoms with E-state index in [0.29, 0.717) is 12.4 Å². The molecule has 19 heavy (non-hydrogen) atoms. The van der Waals surface area contributed by atoms with E-state index in [4.69, 9.17) is 4.74 Å². The van der Waals surface area contributed by atoms with E-state index in [2.05, 4.69) is 17.4 Å². The fourth-order valence-corrected chi connectivity index (χ4v) is 1.79. The van der Waals surface area contributed by atoms with E-state index in [0.717, 1.165) is 18.5 Å². The first-order valence-electron chi connectivity index (χ1n) is 6.39. The van der Waals surface area contributed by atoms with E-state index in [1.165, 1.54) is 17.7 Å². The molecule has 0 atom stereocenters. The van der Waals surface area contributed by atoms with Crippen molar-refractivity contribution in [3.63, 3.8) is 0 Å². The molecule has 0 heterocycles. The molecule has 0 aliphatic rings. The summed E-state index contributed by atoms with van der Waals surface area (Å²) in [5.41, 5.74) is 2.38. The Balaban J connectivity index is 1.89. The van der Waals surface area contributed by atoms with Crippen LogP contribution in [0.1, 0.15) is 11.1 Å². The van der Waals surface area contributed by atoms with Gasteiger partial charge in [0, 0.05) is 6.07 Å². The van der Waals surface area contributed by atoms with Gasteiger partial charge in [-0.3, -0.25) is 0 Å². The highest BCUT2D eigenvalue weighted by molar-refractivity contribution is 5.25. The van der Waals surface area contributed by atoms with Gasteiger partial charge in [0.1, 0.15) is 18.2 Å². The minimum Gasteiger partial charge on any atom is -0.489 e. The molecule has 0 radical (unpaired) electrons. The first-order valence-corrected chi connectivity index (χ1v) is 6.39. The Morgan fingerprint density at radius 3 is 2.47 bits per heavy atom. The maximum atomic E-state index is 13.0. The Morgan fingerprint density at radius 1 is 1.05 bits per heavy atom. The monoisotopic (exact) mass is 259 g/mol. The van der Waals surface area contributed by atoms with Gasteiger partial charge in [0.05, 0.1) is 0 Å². The van der Waals surface area contributed by atoms with Crippen LogP contribution in [-0.4, -0.2) is 13.6 Å². The second-order valence-corrected chi connectivity index (χ2v) is 4.42. The number of nitrogens with one attached hydrogen (secondary N) is 1. The van der Waals surface area contributed by atoms with Gasteiger partial charge in [-0.1, -0.05) is 30.3 Å².